The number of aliphatic hydroxyl groups is 1. The van der Waals surface area contributed by atoms with Crippen LogP contribution in [-0.4, -0.2) is 11.1 Å². The van der Waals surface area contributed by atoms with Gasteiger partial charge in [-0.25, -0.2) is 13.6 Å². The van der Waals surface area contributed by atoms with Crippen LogP contribution in [-0.2, 0) is 15.7 Å². The van der Waals surface area contributed by atoms with Crippen LogP contribution in [0, 0.1) is 11.6 Å². The number of halogens is 5. The second-order valence-corrected chi connectivity index (χ2v) is 6.92. The van der Waals surface area contributed by atoms with Crippen LogP contribution in [0.1, 0.15) is 16.7 Å². The average Bonchev–Trinajstić information content (AvgIpc) is 3.02. The number of hydrogen-bond acceptors (Lipinski definition) is 3. The highest BCUT2D eigenvalue weighted by atomic mass is 19.4. The summed E-state index contributed by atoms with van der Waals surface area (Å²) >= 11 is 0. The number of hydrogen-bond donors (Lipinski definition) is 1. The highest BCUT2D eigenvalue weighted by molar-refractivity contribution is 6.21. The molecule has 0 fully saturated rings. The van der Waals surface area contributed by atoms with E-state index >= 15 is 0 Å². The Hall–Kier alpha value is -3.94. The molecular formula is C24H13F5O3. The highest BCUT2D eigenvalue weighted by Crippen LogP contribution is 2.36. The third-order valence-electron chi connectivity index (χ3n) is 4.83. The lowest BCUT2D eigenvalue weighted by atomic mass is 9.99. The molecule has 1 aliphatic heterocycles. The summed E-state index contributed by atoms with van der Waals surface area (Å²) in [4.78, 5) is 12.3. The molecule has 0 atom stereocenters. The lowest BCUT2D eigenvalue weighted by molar-refractivity contribution is -0.137. The molecule has 0 aromatic heterocycles. The fourth-order valence-electron chi connectivity index (χ4n) is 3.25. The topological polar surface area (TPSA) is 46.5 Å². The Kier molecular flexibility index (Phi) is 5.30. The van der Waals surface area contributed by atoms with Crippen LogP contribution in [0.2, 0.25) is 0 Å². The van der Waals surface area contributed by atoms with Gasteiger partial charge in [-0.05, 0) is 41.5 Å². The van der Waals surface area contributed by atoms with Gasteiger partial charge in [0.2, 0.25) is 0 Å². The molecule has 0 spiro atoms. The van der Waals surface area contributed by atoms with E-state index in [1.807, 2.05) is 0 Å². The molecule has 3 aromatic rings. The molecule has 162 valence electrons. The normalized spacial score (nSPS) is 15.4. The smallest absolute Gasteiger partial charge is 0.416 e. The Morgan fingerprint density at radius 1 is 0.844 bits per heavy atom. The summed E-state index contributed by atoms with van der Waals surface area (Å²) in [5.41, 5.74) is -1.21. The molecule has 0 amide bonds. The second-order valence-electron chi connectivity index (χ2n) is 6.92. The molecule has 1 heterocycles. The van der Waals surface area contributed by atoms with Crippen LogP contribution in [0.15, 0.2) is 78.2 Å². The summed E-state index contributed by atoms with van der Waals surface area (Å²) in [6.07, 6.45) is -3.97. The van der Waals surface area contributed by atoms with Crippen molar-refractivity contribution in [2.24, 2.45) is 0 Å². The number of benzene rings is 3. The third-order valence-corrected chi connectivity index (χ3v) is 4.83. The van der Waals surface area contributed by atoms with Gasteiger partial charge in [0.05, 0.1) is 5.56 Å². The van der Waals surface area contributed by atoms with Crippen molar-refractivity contribution in [1.82, 2.24) is 0 Å². The van der Waals surface area contributed by atoms with E-state index in [1.165, 1.54) is 18.2 Å². The highest BCUT2D eigenvalue weighted by Gasteiger charge is 2.34. The number of ether oxygens (including phenoxy) is 1. The minimum Gasteiger partial charge on any atom is -0.504 e. The number of aliphatic hydroxyl groups excluding tert-OH is 1. The van der Waals surface area contributed by atoms with Crippen LogP contribution in [0.5, 0.6) is 0 Å². The van der Waals surface area contributed by atoms with Crippen molar-refractivity contribution in [2.45, 2.75) is 6.18 Å². The standard InChI is InChI=1S/C24H13F5O3/c25-18-9-7-16(24(27,28)29)10-15(18)12-20-22(30)21(23(31)32-20)17-8-6-14(11-19(17)26)13-4-2-1-3-5-13/h1-12,30H/b20-12+. The van der Waals surface area contributed by atoms with Crippen LogP contribution in [0.3, 0.4) is 0 Å². The summed E-state index contributed by atoms with van der Waals surface area (Å²) in [6.45, 7) is 0. The SMILES string of the molecule is O=C1O/C(=C/c2cc(C(F)(F)F)ccc2F)C(O)=C1c1ccc(-c2ccccc2)cc1F. The maximum Gasteiger partial charge on any atom is 0.416 e. The van der Waals surface area contributed by atoms with Gasteiger partial charge in [-0.3, -0.25) is 0 Å². The summed E-state index contributed by atoms with van der Waals surface area (Å²) < 4.78 is 72.4. The van der Waals surface area contributed by atoms with Crippen LogP contribution in [0.25, 0.3) is 22.8 Å². The number of carbonyl (C=O) groups excluding carboxylic acids is 1. The zero-order valence-corrected chi connectivity index (χ0v) is 16.1. The fraction of sp³-hybridized carbons (Fsp3) is 0.0417. The van der Waals surface area contributed by atoms with Crippen LogP contribution < -0.4 is 0 Å². The third kappa shape index (κ3) is 3.99. The molecule has 3 aromatic carbocycles. The first-order chi connectivity index (χ1) is 15.1. The largest absolute Gasteiger partial charge is 0.504 e. The van der Waals surface area contributed by atoms with Gasteiger partial charge >= 0.3 is 12.1 Å². The summed E-state index contributed by atoms with van der Waals surface area (Å²) in [7, 11) is 0. The molecule has 0 unspecified atom stereocenters. The van der Waals surface area contributed by atoms with Gasteiger partial charge < -0.3 is 9.84 Å². The van der Waals surface area contributed by atoms with Crippen LogP contribution in [0.4, 0.5) is 22.0 Å². The number of esters is 1. The minimum atomic E-state index is -4.72. The maximum absolute atomic E-state index is 14.8. The molecule has 0 saturated carbocycles. The zero-order valence-electron chi connectivity index (χ0n) is 16.1. The molecule has 1 N–H and O–H groups in total. The van der Waals surface area contributed by atoms with Crippen molar-refractivity contribution < 1.29 is 36.6 Å². The Labute approximate surface area is 178 Å². The van der Waals surface area contributed by atoms with Gasteiger partial charge in [0.1, 0.15) is 17.2 Å². The molecule has 0 bridgehead atoms. The Morgan fingerprint density at radius 3 is 2.22 bits per heavy atom. The van der Waals surface area contributed by atoms with E-state index in [1.54, 1.807) is 30.3 Å². The molecule has 0 saturated heterocycles. The van der Waals surface area contributed by atoms with E-state index in [4.69, 9.17) is 4.74 Å². The number of carbonyl (C=O) groups is 1. The Balaban J connectivity index is 1.74. The van der Waals surface area contributed by atoms with Crippen molar-refractivity contribution in [3.8, 4) is 11.1 Å². The summed E-state index contributed by atoms with van der Waals surface area (Å²) in [6, 6.07) is 14.5. The summed E-state index contributed by atoms with van der Waals surface area (Å²) in [5, 5.41) is 10.4. The van der Waals surface area contributed by atoms with Crippen molar-refractivity contribution in [1.29, 1.82) is 0 Å². The van der Waals surface area contributed by atoms with Crippen molar-refractivity contribution in [3.63, 3.8) is 0 Å². The lowest BCUT2D eigenvalue weighted by Gasteiger charge is -2.08. The van der Waals surface area contributed by atoms with E-state index < -0.39 is 52.0 Å². The van der Waals surface area contributed by atoms with Crippen molar-refractivity contribution in [2.75, 3.05) is 0 Å². The maximum atomic E-state index is 14.8. The minimum absolute atomic E-state index is 0.264. The molecule has 32 heavy (non-hydrogen) atoms. The van der Waals surface area contributed by atoms with Crippen LogP contribution >= 0.6 is 0 Å². The van der Waals surface area contributed by atoms with Gasteiger partial charge in [-0.15, -0.1) is 0 Å². The van der Waals surface area contributed by atoms with E-state index in [0.717, 1.165) is 11.6 Å². The fourth-order valence-corrected chi connectivity index (χ4v) is 3.25. The first-order valence-corrected chi connectivity index (χ1v) is 9.24. The Bertz CT molecular complexity index is 1270. The Morgan fingerprint density at radius 2 is 1.56 bits per heavy atom. The van der Waals surface area contributed by atoms with E-state index in [0.29, 0.717) is 23.8 Å². The van der Waals surface area contributed by atoms with Crippen molar-refractivity contribution >= 4 is 17.6 Å². The van der Waals surface area contributed by atoms with E-state index in [-0.39, 0.29) is 5.56 Å². The second kappa shape index (κ2) is 7.96. The molecule has 3 nitrogen and oxygen atoms in total. The monoisotopic (exact) mass is 444 g/mol. The quantitative estimate of drug-likeness (QED) is 0.370. The predicted molar refractivity (Wildman–Crippen MR) is 107 cm³/mol. The van der Waals surface area contributed by atoms with E-state index in [9.17, 15) is 31.9 Å². The average molecular weight is 444 g/mol. The number of cyclic esters (lactones) is 1. The molecular weight excluding hydrogens is 431 g/mol. The lowest BCUT2D eigenvalue weighted by Crippen LogP contribution is -2.05. The first kappa shape index (κ1) is 21.3. The zero-order chi connectivity index (χ0) is 23.0. The molecule has 8 heteroatoms. The first-order valence-electron chi connectivity index (χ1n) is 9.24. The van der Waals surface area contributed by atoms with Gasteiger partial charge in [0.25, 0.3) is 0 Å². The molecule has 0 radical (unpaired) electrons. The molecule has 0 aliphatic carbocycles. The molecule has 4 rings (SSSR count). The predicted octanol–water partition coefficient (Wildman–Crippen LogP) is 6.52. The van der Waals surface area contributed by atoms with Gasteiger partial charge in [-0.1, -0.05) is 42.5 Å². The van der Waals surface area contributed by atoms with Gasteiger partial charge in [0.15, 0.2) is 11.5 Å². The number of alkyl halides is 3. The van der Waals surface area contributed by atoms with Crippen molar-refractivity contribution in [3.05, 3.63) is 107 Å². The molecule has 1 aliphatic rings. The van der Waals surface area contributed by atoms with E-state index in [2.05, 4.69) is 0 Å². The van der Waals surface area contributed by atoms with Gasteiger partial charge in [-0.2, -0.15) is 13.2 Å². The van der Waals surface area contributed by atoms with Gasteiger partial charge in [0, 0.05) is 11.1 Å². The summed E-state index contributed by atoms with van der Waals surface area (Å²) in [5.74, 6) is -4.36. The number of rotatable bonds is 3.